The molecule has 0 radical (unpaired) electrons. The predicted octanol–water partition coefficient (Wildman–Crippen LogP) is 2.63. The van der Waals surface area contributed by atoms with Gasteiger partial charge in [-0.15, -0.1) is 0 Å². The number of aromatic nitrogens is 3. The topological polar surface area (TPSA) is 71.8 Å². The molecule has 3 aromatic rings. The molecule has 3 rings (SSSR count). The SMILES string of the molecule is CCNC(=O)c1cccnc1NCc1cnn(-c2ccccc2)c1. The number of hydrogen-bond acceptors (Lipinski definition) is 4. The summed E-state index contributed by atoms with van der Waals surface area (Å²) in [6, 6.07) is 13.4. The molecule has 0 atom stereocenters. The molecular weight excluding hydrogens is 302 g/mol. The fourth-order valence-corrected chi connectivity index (χ4v) is 2.34. The van der Waals surface area contributed by atoms with E-state index in [4.69, 9.17) is 0 Å². The molecule has 0 aliphatic carbocycles. The highest BCUT2D eigenvalue weighted by atomic mass is 16.1. The van der Waals surface area contributed by atoms with Crippen LogP contribution >= 0.6 is 0 Å². The second-order valence-corrected chi connectivity index (χ2v) is 5.24. The van der Waals surface area contributed by atoms with Gasteiger partial charge < -0.3 is 10.6 Å². The van der Waals surface area contributed by atoms with E-state index in [-0.39, 0.29) is 5.91 Å². The number of amides is 1. The van der Waals surface area contributed by atoms with E-state index >= 15 is 0 Å². The highest BCUT2D eigenvalue weighted by molar-refractivity contribution is 5.98. The molecule has 2 N–H and O–H groups in total. The lowest BCUT2D eigenvalue weighted by atomic mass is 10.2. The van der Waals surface area contributed by atoms with E-state index in [1.165, 1.54) is 0 Å². The number of nitrogens with zero attached hydrogens (tertiary/aromatic N) is 3. The Morgan fingerprint density at radius 2 is 2.00 bits per heavy atom. The molecule has 0 aliphatic rings. The summed E-state index contributed by atoms with van der Waals surface area (Å²) in [5.41, 5.74) is 2.55. The van der Waals surface area contributed by atoms with Crippen LogP contribution in [0.4, 0.5) is 5.82 Å². The Morgan fingerprint density at radius 1 is 1.17 bits per heavy atom. The quantitative estimate of drug-likeness (QED) is 0.732. The number of benzene rings is 1. The fourth-order valence-electron chi connectivity index (χ4n) is 2.34. The summed E-state index contributed by atoms with van der Waals surface area (Å²) in [5, 5.41) is 10.4. The average molecular weight is 321 g/mol. The van der Waals surface area contributed by atoms with Crippen LogP contribution in [0.15, 0.2) is 61.1 Å². The molecule has 6 heteroatoms. The lowest BCUT2D eigenvalue weighted by Crippen LogP contribution is -2.24. The minimum atomic E-state index is -0.131. The van der Waals surface area contributed by atoms with Crippen LogP contribution in [0.2, 0.25) is 0 Å². The predicted molar refractivity (Wildman–Crippen MR) is 93.1 cm³/mol. The number of carbonyl (C=O) groups excluding carboxylic acids is 1. The van der Waals surface area contributed by atoms with E-state index in [1.807, 2.05) is 48.1 Å². The van der Waals surface area contributed by atoms with E-state index in [1.54, 1.807) is 24.5 Å². The van der Waals surface area contributed by atoms with Crippen molar-refractivity contribution in [3.63, 3.8) is 0 Å². The van der Waals surface area contributed by atoms with Crippen LogP contribution in [-0.2, 0) is 6.54 Å². The van der Waals surface area contributed by atoms with Gasteiger partial charge in [0.1, 0.15) is 5.82 Å². The van der Waals surface area contributed by atoms with Crippen molar-refractivity contribution in [1.82, 2.24) is 20.1 Å². The average Bonchev–Trinajstić information content (AvgIpc) is 3.10. The number of pyridine rings is 1. The first-order chi connectivity index (χ1) is 11.8. The van der Waals surface area contributed by atoms with Gasteiger partial charge in [-0.3, -0.25) is 4.79 Å². The molecule has 24 heavy (non-hydrogen) atoms. The summed E-state index contributed by atoms with van der Waals surface area (Å²) in [6.45, 7) is 3.01. The zero-order valence-corrected chi connectivity index (χ0v) is 13.4. The van der Waals surface area contributed by atoms with Gasteiger partial charge >= 0.3 is 0 Å². The van der Waals surface area contributed by atoms with Crippen LogP contribution in [0.3, 0.4) is 0 Å². The Morgan fingerprint density at radius 3 is 2.79 bits per heavy atom. The first kappa shape index (κ1) is 15.7. The zero-order chi connectivity index (χ0) is 16.8. The number of para-hydroxylation sites is 1. The summed E-state index contributed by atoms with van der Waals surface area (Å²) in [4.78, 5) is 16.3. The second kappa shape index (κ2) is 7.41. The summed E-state index contributed by atoms with van der Waals surface area (Å²) >= 11 is 0. The van der Waals surface area contributed by atoms with Gasteiger partial charge in [0.05, 0.1) is 17.4 Å². The molecular formula is C18H19N5O. The number of hydrogen-bond donors (Lipinski definition) is 2. The summed E-state index contributed by atoms with van der Waals surface area (Å²) < 4.78 is 1.82. The Kier molecular flexibility index (Phi) is 4.86. The molecule has 0 saturated carbocycles. The number of nitrogens with one attached hydrogen (secondary N) is 2. The Bertz CT molecular complexity index is 813. The maximum absolute atomic E-state index is 12.1. The van der Waals surface area contributed by atoms with E-state index in [2.05, 4.69) is 20.7 Å². The highest BCUT2D eigenvalue weighted by Crippen LogP contribution is 2.14. The van der Waals surface area contributed by atoms with E-state index in [0.29, 0.717) is 24.5 Å². The van der Waals surface area contributed by atoms with Gasteiger partial charge in [-0.25, -0.2) is 9.67 Å². The maximum Gasteiger partial charge on any atom is 0.255 e. The van der Waals surface area contributed by atoms with Gasteiger partial charge in [0.2, 0.25) is 0 Å². The fraction of sp³-hybridized carbons (Fsp3) is 0.167. The molecule has 0 fully saturated rings. The largest absolute Gasteiger partial charge is 0.365 e. The molecule has 6 nitrogen and oxygen atoms in total. The van der Waals surface area contributed by atoms with Gasteiger partial charge in [0.25, 0.3) is 5.91 Å². The molecule has 0 aliphatic heterocycles. The Hall–Kier alpha value is -3.15. The minimum absolute atomic E-state index is 0.131. The van der Waals surface area contributed by atoms with Gasteiger partial charge in [-0.1, -0.05) is 18.2 Å². The number of carbonyl (C=O) groups is 1. The van der Waals surface area contributed by atoms with Crippen molar-refractivity contribution in [1.29, 1.82) is 0 Å². The van der Waals surface area contributed by atoms with Gasteiger partial charge in [-0.2, -0.15) is 5.10 Å². The van der Waals surface area contributed by atoms with Crippen LogP contribution in [-0.4, -0.2) is 27.2 Å². The normalized spacial score (nSPS) is 10.4. The van der Waals surface area contributed by atoms with E-state index in [0.717, 1.165) is 11.3 Å². The van der Waals surface area contributed by atoms with Crippen molar-refractivity contribution in [3.05, 3.63) is 72.2 Å². The standard InChI is InChI=1S/C18H19N5O/c1-2-19-18(24)16-9-6-10-20-17(16)21-11-14-12-22-23(13-14)15-7-4-3-5-8-15/h3-10,12-13H,2,11H2,1H3,(H,19,24)(H,20,21). The molecule has 2 heterocycles. The Labute approximate surface area is 140 Å². The van der Waals surface area contributed by atoms with Crippen molar-refractivity contribution >= 4 is 11.7 Å². The molecule has 1 aromatic carbocycles. The lowest BCUT2D eigenvalue weighted by Gasteiger charge is -2.09. The van der Waals surface area contributed by atoms with Gasteiger partial charge in [0.15, 0.2) is 0 Å². The van der Waals surface area contributed by atoms with Crippen LogP contribution in [0.5, 0.6) is 0 Å². The number of rotatable bonds is 6. The minimum Gasteiger partial charge on any atom is -0.365 e. The third-order valence-electron chi connectivity index (χ3n) is 3.51. The highest BCUT2D eigenvalue weighted by Gasteiger charge is 2.11. The lowest BCUT2D eigenvalue weighted by molar-refractivity contribution is 0.0956. The zero-order valence-electron chi connectivity index (χ0n) is 13.4. The molecule has 1 amide bonds. The Balaban J connectivity index is 1.71. The van der Waals surface area contributed by atoms with Crippen molar-refractivity contribution in [2.24, 2.45) is 0 Å². The van der Waals surface area contributed by atoms with Crippen molar-refractivity contribution in [2.45, 2.75) is 13.5 Å². The molecule has 0 saturated heterocycles. The molecule has 0 spiro atoms. The van der Waals surface area contributed by atoms with Crippen LogP contribution in [0.1, 0.15) is 22.8 Å². The monoisotopic (exact) mass is 321 g/mol. The van der Waals surface area contributed by atoms with Crippen LogP contribution < -0.4 is 10.6 Å². The van der Waals surface area contributed by atoms with Crippen LogP contribution in [0.25, 0.3) is 5.69 Å². The van der Waals surface area contributed by atoms with Crippen molar-refractivity contribution < 1.29 is 4.79 Å². The molecule has 0 unspecified atom stereocenters. The van der Waals surface area contributed by atoms with Gasteiger partial charge in [0, 0.05) is 31.0 Å². The summed E-state index contributed by atoms with van der Waals surface area (Å²) in [6.07, 6.45) is 5.42. The third kappa shape index (κ3) is 3.60. The summed E-state index contributed by atoms with van der Waals surface area (Å²) in [5.74, 6) is 0.434. The smallest absolute Gasteiger partial charge is 0.255 e. The summed E-state index contributed by atoms with van der Waals surface area (Å²) in [7, 11) is 0. The molecule has 0 bridgehead atoms. The maximum atomic E-state index is 12.1. The van der Waals surface area contributed by atoms with E-state index < -0.39 is 0 Å². The van der Waals surface area contributed by atoms with Gasteiger partial charge in [-0.05, 0) is 31.2 Å². The first-order valence-electron chi connectivity index (χ1n) is 7.84. The van der Waals surface area contributed by atoms with Crippen LogP contribution in [0, 0.1) is 0 Å². The third-order valence-corrected chi connectivity index (χ3v) is 3.51. The first-order valence-corrected chi connectivity index (χ1v) is 7.84. The second-order valence-electron chi connectivity index (χ2n) is 5.24. The van der Waals surface area contributed by atoms with E-state index in [9.17, 15) is 4.79 Å². The molecule has 2 aromatic heterocycles. The molecule has 122 valence electrons. The van der Waals surface area contributed by atoms with Crippen molar-refractivity contribution in [2.75, 3.05) is 11.9 Å². The number of anilines is 1. The van der Waals surface area contributed by atoms with Crippen molar-refractivity contribution in [3.8, 4) is 5.69 Å².